The second-order valence-corrected chi connectivity index (χ2v) is 12.9. The molecule has 1 atom stereocenters. The van der Waals surface area contributed by atoms with Crippen molar-refractivity contribution in [3.63, 3.8) is 0 Å². The van der Waals surface area contributed by atoms with Gasteiger partial charge in [0.05, 0.1) is 16.3 Å². The van der Waals surface area contributed by atoms with Gasteiger partial charge in [-0.3, -0.25) is 14.7 Å². The van der Waals surface area contributed by atoms with Crippen LogP contribution in [0.2, 0.25) is 0 Å². The van der Waals surface area contributed by atoms with Crippen LogP contribution in [0.25, 0.3) is 11.4 Å². The molecule has 1 N–H and O–H groups in total. The molecule has 3 aromatic rings. The molecule has 1 amide bonds. The zero-order chi connectivity index (χ0) is 27.4. The van der Waals surface area contributed by atoms with Crippen molar-refractivity contribution in [3.05, 3.63) is 71.5 Å². The molecule has 0 spiro atoms. The van der Waals surface area contributed by atoms with Crippen LogP contribution in [0, 0.1) is 5.92 Å². The Hall–Kier alpha value is -3.01. The lowest BCUT2D eigenvalue weighted by molar-refractivity contribution is -0.130. The lowest BCUT2D eigenvalue weighted by Crippen LogP contribution is -2.47. The molecule has 9 heteroatoms. The van der Waals surface area contributed by atoms with Crippen molar-refractivity contribution in [2.24, 2.45) is 5.92 Å². The van der Waals surface area contributed by atoms with Crippen molar-refractivity contribution in [2.75, 3.05) is 45.6 Å². The number of aromatic nitrogens is 2. The summed E-state index contributed by atoms with van der Waals surface area (Å²) in [7, 11) is -3.24. The predicted octanol–water partition coefficient (Wildman–Crippen LogP) is 4.09. The summed E-state index contributed by atoms with van der Waals surface area (Å²) in [5.74, 6) is 0.816. The second-order valence-electron chi connectivity index (χ2n) is 10.8. The highest BCUT2D eigenvalue weighted by Crippen LogP contribution is 2.35. The average molecular weight is 551 g/mol. The van der Waals surface area contributed by atoms with Crippen LogP contribution in [0.3, 0.4) is 0 Å². The first-order chi connectivity index (χ1) is 18.8. The molecule has 0 radical (unpaired) electrons. The summed E-state index contributed by atoms with van der Waals surface area (Å²) in [6, 6.07) is 15.8. The molecule has 1 aromatic carbocycles. The van der Waals surface area contributed by atoms with Crippen molar-refractivity contribution < 1.29 is 17.9 Å². The van der Waals surface area contributed by atoms with E-state index in [2.05, 4.69) is 39.1 Å². The molecule has 0 aliphatic carbocycles. The van der Waals surface area contributed by atoms with Gasteiger partial charge in [-0.05, 0) is 72.7 Å². The Kier molecular flexibility index (Phi) is 8.49. The third kappa shape index (κ3) is 6.96. The number of ether oxygens (including phenoxy) is 1. The maximum atomic E-state index is 12.0. The fourth-order valence-corrected chi connectivity index (χ4v) is 6.30. The van der Waals surface area contributed by atoms with E-state index in [1.165, 1.54) is 11.8 Å². The quantitative estimate of drug-likeness (QED) is 0.454. The molecule has 2 aromatic heterocycles. The number of H-pyrrole nitrogens is 1. The minimum Gasteiger partial charge on any atom is -0.381 e. The van der Waals surface area contributed by atoms with Gasteiger partial charge in [0, 0.05) is 76.9 Å². The number of carbonyl (C=O) groups excluding carboxylic acids is 1. The van der Waals surface area contributed by atoms with E-state index < -0.39 is 9.84 Å². The Morgan fingerprint density at radius 2 is 1.77 bits per heavy atom. The average Bonchev–Trinajstić information content (AvgIpc) is 3.43. The number of nitrogens with one attached hydrogen (secondary N) is 1. The number of nitrogens with zero attached hydrogens (tertiary/aromatic N) is 3. The van der Waals surface area contributed by atoms with Crippen LogP contribution in [0.1, 0.15) is 48.9 Å². The van der Waals surface area contributed by atoms with Gasteiger partial charge in [0.25, 0.3) is 0 Å². The van der Waals surface area contributed by atoms with Gasteiger partial charge in [-0.2, -0.15) is 0 Å². The smallest absolute Gasteiger partial charge is 0.219 e. The Balaban J connectivity index is 1.35. The highest BCUT2D eigenvalue weighted by Gasteiger charge is 2.24. The first kappa shape index (κ1) is 27.6. The van der Waals surface area contributed by atoms with Crippen LogP contribution < -0.4 is 0 Å². The minimum atomic E-state index is -3.24. The number of rotatable bonds is 8. The number of piperazine rings is 1. The van der Waals surface area contributed by atoms with Crippen molar-refractivity contribution in [1.29, 1.82) is 0 Å². The van der Waals surface area contributed by atoms with Gasteiger partial charge in [0.15, 0.2) is 9.84 Å². The van der Waals surface area contributed by atoms with Crippen molar-refractivity contribution in [2.45, 2.75) is 43.5 Å². The standard InChI is InChI=1S/C30H38N4O4S/c1-22(35)34-15-13-33(14-16-34)21-24-9-12-31-30(20-24)29-8-7-28(32-29)27(19-23-10-17-38-18-11-23)25-3-5-26(6-4-25)39(2,36)37/h3-9,12,20,23,27,32H,10-11,13-19,21H2,1-2H3. The minimum absolute atomic E-state index is 0.121. The number of hydrogen-bond acceptors (Lipinski definition) is 6. The molecule has 2 aliphatic heterocycles. The number of hydrogen-bond donors (Lipinski definition) is 1. The zero-order valence-electron chi connectivity index (χ0n) is 22.8. The number of amides is 1. The SMILES string of the molecule is CC(=O)N1CCN(Cc2ccnc(-c3ccc(C(CC4CCOCC4)c4ccc(S(C)(=O)=O)cc4)[nH]3)c2)CC1. The topological polar surface area (TPSA) is 95.6 Å². The first-order valence-corrected chi connectivity index (χ1v) is 15.7. The molecular weight excluding hydrogens is 512 g/mol. The van der Waals surface area contributed by atoms with E-state index in [1.807, 2.05) is 23.2 Å². The van der Waals surface area contributed by atoms with E-state index in [-0.39, 0.29) is 11.8 Å². The fourth-order valence-electron chi connectivity index (χ4n) is 5.67. The summed E-state index contributed by atoms with van der Waals surface area (Å²) in [4.78, 5) is 24.6. The van der Waals surface area contributed by atoms with Crippen molar-refractivity contribution in [3.8, 4) is 11.4 Å². The molecule has 8 nitrogen and oxygen atoms in total. The Bertz CT molecular complexity index is 1370. The fraction of sp³-hybridized carbons (Fsp3) is 0.467. The van der Waals surface area contributed by atoms with Gasteiger partial charge in [-0.15, -0.1) is 0 Å². The van der Waals surface area contributed by atoms with Crippen LogP contribution in [0.5, 0.6) is 0 Å². The molecule has 0 saturated carbocycles. The Labute approximate surface area is 231 Å². The maximum absolute atomic E-state index is 12.0. The summed E-state index contributed by atoms with van der Waals surface area (Å²) in [6.45, 7) is 7.33. The van der Waals surface area contributed by atoms with Crippen molar-refractivity contribution in [1.82, 2.24) is 19.8 Å². The van der Waals surface area contributed by atoms with Crippen LogP contribution in [-0.2, 0) is 25.9 Å². The van der Waals surface area contributed by atoms with Crippen LogP contribution >= 0.6 is 0 Å². The van der Waals surface area contributed by atoms with Gasteiger partial charge >= 0.3 is 0 Å². The van der Waals surface area contributed by atoms with E-state index in [9.17, 15) is 13.2 Å². The van der Waals surface area contributed by atoms with E-state index >= 15 is 0 Å². The second kappa shape index (κ2) is 12.0. The van der Waals surface area contributed by atoms with Gasteiger partial charge in [0.2, 0.25) is 5.91 Å². The Morgan fingerprint density at radius 3 is 2.44 bits per heavy atom. The van der Waals surface area contributed by atoms with Gasteiger partial charge in [0.1, 0.15) is 0 Å². The molecular formula is C30H38N4O4S. The number of aromatic amines is 1. The summed E-state index contributed by atoms with van der Waals surface area (Å²) in [5, 5.41) is 0. The number of benzene rings is 1. The van der Waals surface area contributed by atoms with Crippen LogP contribution in [0.15, 0.2) is 59.6 Å². The van der Waals surface area contributed by atoms with E-state index in [4.69, 9.17) is 4.74 Å². The lowest BCUT2D eigenvalue weighted by atomic mass is 9.83. The third-order valence-corrected chi connectivity index (χ3v) is 9.16. The molecule has 4 heterocycles. The van der Waals surface area contributed by atoms with Gasteiger partial charge in [-0.1, -0.05) is 12.1 Å². The molecule has 208 valence electrons. The molecule has 1 unspecified atom stereocenters. The predicted molar refractivity (Wildman–Crippen MR) is 151 cm³/mol. The monoisotopic (exact) mass is 550 g/mol. The largest absolute Gasteiger partial charge is 0.381 e. The van der Waals surface area contributed by atoms with Crippen LogP contribution in [-0.4, -0.2) is 79.7 Å². The normalized spacial score (nSPS) is 18.3. The first-order valence-electron chi connectivity index (χ1n) is 13.8. The van der Waals surface area contributed by atoms with Gasteiger partial charge < -0.3 is 14.6 Å². The number of carbonyl (C=O) groups is 1. The molecule has 2 fully saturated rings. The highest BCUT2D eigenvalue weighted by molar-refractivity contribution is 7.90. The number of pyridine rings is 1. The van der Waals surface area contributed by atoms with Crippen LogP contribution in [0.4, 0.5) is 0 Å². The van der Waals surface area contributed by atoms with Crippen molar-refractivity contribution >= 4 is 15.7 Å². The maximum Gasteiger partial charge on any atom is 0.219 e. The van der Waals surface area contributed by atoms with E-state index in [0.29, 0.717) is 10.8 Å². The van der Waals surface area contributed by atoms with E-state index in [0.717, 1.165) is 87.8 Å². The summed E-state index contributed by atoms with van der Waals surface area (Å²) < 4.78 is 29.6. The van der Waals surface area contributed by atoms with E-state index in [1.54, 1.807) is 19.1 Å². The molecule has 5 rings (SSSR count). The summed E-state index contributed by atoms with van der Waals surface area (Å²) in [6.07, 6.45) is 6.15. The molecule has 2 aliphatic rings. The lowest BCUT2D eigenvalue weighted by Gasteiger charge is -2.34. The third-order valence-electron chi connectivity index (χ3n) is 8.03. The molecule has 2 saturated heterocycles. The zero-order valence-corrected chi connectivity index (χ0v) is 23.6. The Morgan fingerprint density at radius 1 is 1.05 bits per heavy atom. The summed E-state index contributed by atoms with van der Waals surface area (Å²) >= 11 is 0. The number of sulfone groups is 1. The van der Waals surface area contributed by atoms with Gasteiger partial charge in [-0.25, -0.2) is 8.42 Å². The highest BCUT2D eigenvalue weighted by atomic mass is 32.2. The molecule has 39 heavy (non-hydrogen) atoms. The summed E-state index contributed by atoms with van der Waals surface area (Å²) in [5.41, 5.74) is 5.28. The molecule has 0 bridgehead atoms.